The molecular weight excluding hydrogens is 493 g/mol. The summed E-state index contributed by atoms with van der Waals surface area (Å²) in [5, 5.41) is 2.54. The van der Waals surface area contributed by atoms with Gasteiger partial charge in [-0.25, -0.2) is 23.9 Å². The molecule has 11 heteroatoms. The largest absolute Gasteiger partial charge is 0.461 e. The Labute approximate surface area is 219 Å². The number of aromatic nitrogens is 3. The first-order chi connectivity index (χ1) is 18.1. The van der Waals surface area contributed by atoms with E-state index in [1.165, 1.54) is 12.3 Å². The number of benzene rings is 1. The van der Waals surface area contributed by atoms with E-state index in [2.05, 4.69) is 20.3 Å². The normalized spacial score (nSPS) is 15.3. The first-order valence-corrected chi connectivity index (χ1v) is 12.4. The number of ether oxygens (including phenoxy) is 2. The maximum absolute atomic E-state index is 13.4. The van der Waals surface area contributed by atoms with Crippen molar-refractivity contribution in [2.45, 2.75) is 52.2 Å². The number of anilines is 1. The van der Waals surface area contributed by atoms with Crippen LogP contribution in [0.25, 0.3) is 11.3 Å². The van der Waals surface area contributed by atoms with Crippen LogP contribution in [0.3, 0.4) is 0 Å². The van der Waals surface area contributed by atoms with Crippen LogP contribution in [0.4, 0.5) is 15.0 Å². The molecule has 0 bridgehead atoms. The number of esters is 1. The van der Waals surface area contributed by atoms with E-state index in [1.807, 2.05) is 0 Å². The Bertz CT molecular complexity index is 1330. The predicted molar refractivity (Wildman–Crippen MR) is 137 cm³/mol. The number of rotatable bonds is 6. The third-order valence-corrected chi connectivity index (χ3v) is 5.78. The number of hydrogen-bond acceptors (Lipinski definition) is 7. The highest BCUT2D eigenvalue weighted by Crippen LogP contribution is 2.34. The van der Waals surface area contributed by atoms with Crippen molar-refractivity contribution in [2.24, 2.45) is 0 Å². The van der Waals surface area contributed by atoms with Crippen LogP contribution in [0.1, 0.15) is 73.2 Å². The average Bonchev–Trinajstić information content (AvgIpc) is 3.51. The number of amides is 2. The number of nitrogens with zero attached hydrogens (tertiary/aromatic N) is 3. The average molecular weight is 524 g/mol. The molecule has 2 aromatic heterocycles. The van der Waals surface area contributed by atoms with Gasteiger partial charge in [0.15, 0.2) is 5.69 Å². The summed E-state index contributed by atoms with van der Waals surface area (Å²) < 4.78 is 24.2. The van der Waals surface area contributed by atoms with Crippen molar-refractivity contribution >= 4 is 23.8 Å². The summed E-state index contributed by atoms with van der Waals surface area (Å²) in [6, 6.07) is 8.34. The van der Waals surface area contributed by atoms with Gasteiger partial charge in [-0.3, -0.25) is 9.69 Å². The molecule has 4 rings (SSSR count). The Morgan fingerprint density at radius 3 is 2.58 bits per heavy atom. The number of likely N-dealkylation sites (tertiary alicyclic amines) is 1. The second kappa shape index (κ2) is 11.0. The number of pyridine rings is 1. The van der Waals surface area contributed by atoms with E-state index in [1.54, 1.807) is 56.9 Å². The highest BCUT2D eigenvalue weighted by atomic mass is 19.1. The Balaban J connectivity index is 1.61. The van der Waals surface area contributed by atoms with Crippen LogP contribution in [0.5, 0.6) is 0 Å². The van der Waals surface area contributed by atoms with Crippen molar-refractivity contribution in [3.05, 3.63) is 65.5 Å². The van der Waals surface area contributed by atoms with Gasteiger partial charge in [0.25, 0.3) is 5.91 Å². The molecule has 0 radical (unpaired) electrons. The highest BCUT2D eigenvalue weighted by molar-refractivity contribution is 6.04. The molecule has 10 nitrogen and oxygen atoms in total. The van der Waals surface area contributed by atoms with Crippen LogP contribution in [-0.4, -0.2) is 56.6 Å². The lowest BCUT2D eigenvalue weighted by atomic mass is 10.1. The van der Waals surface area contributed by atoms with Crippen molar-refractivity contribution in [3.8, 4) is 11.3 Å². The Hall–Kier alpha value is -4.28. The Morgan fingerprint density at radius 2 is 1.92 bits per heavy atom. The minimum atomic E-state index is -0.645. The minimum Gasteiger partial charge on any atom is -0.461 e. The van der Waals surface area contributed by atoms with E-state index in [-0.39, 0.29) is 18.1 Å². The topological polar surface area (TPSA) is 127 Å². The molecule has 1 saturated heterocycles. The van der Waals surface area contributed by atoms with Gasteiger partial charge >= 0.3 is 12.1 Å². The predicted octanol–water partition coefficient (Wildman–Crippen LogP) is 5.11. The molecule has 2 N–H and O–H groups in total. The first kappa shape index (κ1) is 26.8. The standard InChI is InChI=1S/C27H30FN5O5/c1-5-37-25(35)22-21(31-23(32-22)19-7-6-14-33(19)26(36)38-27(2,3)4)16-8-10-17(11-9-16)24(34)30-20-15-18(28)12-13-29-20/h8-13,15,19H,5-7,14H2,1-4H3,(H,31,32)(H,29,30,34). The number of H-pyrrole nitrogens is 1. The highest BCUT2D eigenvalue weighted by Gasteiger charge is 2.36. The number of imidazole rings is 1. The lowest BCUT2D eigenvalue weighted by Crippen LogP contribution is -2.36. The summed E-state index contributed by atoms with van der Waals surface area (Å²) in [5.74, 6) is -1.03. The van der Waals surface area contributed by atoms with E-state index in [9.17, 15) is 18.8 Å². The van der Waals surface area contributed by atoms with Gasteiger partial charge in [-0.15, -0.1) is 0 Å². The zero-order chi connectivity index (χ0) is 27.4. The van der Waals surface area contributed by atoms with Gasteiger partial charge in [-0.1, -0.05) is 12.1 Å². The van der Waals surface area contributed by atoms with Gasteiger partial charge in [0, 0.05) is 29.9 Å². The monoisotopic (exact) mass is 523 g/mol. The van der Waals surface area contributed by atoms with Crippen LogP contribution in [-0.2, 0) is 9.47 Å². The Kier molecular flexibility index (Phi) is 7.75. The van der Waals surface area contributed by atoms with Crippen molar-refractivity contribution in [3.63, 3.8) is 0 Å². The molecule has 1 unspecified atom stereocenters. The summed E-state index contributed by atoms with van der Waals surface area (Å²) in [5.41, 5.74) is 0.721. The molecule has 3 aromatic rings. The smallest absolute Gasteiger partial charge is 0.410 e. The van der Waals surface area contributed by atoms with E-state index >= 15 is 0 Å². The minimum absolute atomic E-state index is 0.0896. The van der Waals surface area contributed by atoms with Gasteiger partial charge in [-0.2, -0.15) is 0 Å². The number of carbonyl (C=O) groups is 3. The maximum Gasteiger partial charge on any atom is 0.410 e. The van der Waals surface area contributed by atoms with Crippen molar-refractivity contribution in [1.82, 2.24) is 19.9 Å². The Morgan fingerprint density at radius 1 is 1.18 bits per heavy atom. The number of nitrogens with one attached hydrogen (secondary N) is 2. The second-order valence-corrected chi connectivity index (χ2v) is 9.79. The molecule has 2 amide bonds. The van der Waals surface area contributed by atoms with E-state index in [0.29, 0.717) is 35.6 Å². The summed E-state index contributed by atoms with van der Waals surface area (Å²) in [4.78, 5) is 51.5. The molecule has 1 atom stereocenters. The maximum atomic E-state index is 13.4. The van der Waals surface area contributed by atoms with Gasteiger partial charge in [-0.05, 0) is 58.7 Å². The van der Waals surface area contributed by atoms with Crippen LogP contribution in [0.15, 0.2) is 42.6 Å². The van der Waals surface area contributed by atoms with Gasteiger partial charge in [0.2, 0.25) is 0 Å². The molecule has 0 saturated carbocycles. The molecule has 0 aliphatic carbocycles. The zero-order valence-electron chi connectivity index (χ0n) is 21.7. The quantitative estimate of drug-likeness (QED) is 0.430. The number of carbonyl (C=O) groups excluding carboxylic acids is 3. The lowest BCUT2D eigenvalue weighted by Gasteiger charge is -2.27. The summed E-state index contributed by atoms with van der Waals surface area (Å²) in [6.45, 7) is 7.80. The third kappa shape index (κ3) is 6.16. The molecular formula is C27H30FN5O5. The molecule has 3 heterocycles. The lowest BCUT2D eigenvalue weighted by molar-refractivity contribution is 0.0218. The molecule has 1 fully saturated rings. The fraction of sp³-hybridized carbons (Fsp3) is 0.370. The third-order valence-electron chi connectivity index (χ3n) is 5.78. The molecule has 1 aliphatic heterocycles. The zero-order valence-corrected chi connectivity index (χ0v) is 21.7. The second-order valence-electron chi connectivity index (χ2n) is 9.79. The fourth-order valence-corrected chi connectivity index (χ4v) is 4.14. The van der Waals surface area contributed by atoms with Gasteiger partial charge < -0.3 is 19.8 Å². The van der Waals surface area contributed by atoms with Crippen LogP contribution >= 0.6 is 0 Å². The van der Waals surface area contributed by atoms with Crippen LogP contribution < -0.4 is 5.32 Å². The van der Waals surface area contributed by atoms with Gasteiger partial charge in [0.1, 0.15) is 28.8 Å². The van der Waals surface area contributed by atoms with E-state index in [4.69, 9.17) is 9.47 Å². The number of hydrogen-bond donors (Lipinski definition) is 2. The molecule has 1 aromatic carbocycles. The number of halogens is 1. The van der Waals surface area contributed by atoms with Crippen molar-refractivity contribution in [1.29, 1.82) is 0 Å². The van der Waals surface area contributed by atoms with Crippen LogP contribution in [0, 0.1) is 5.82 Å². The molecule has 1 aliphatic rings. The van der Waals surface area contributed by atoms with Crippen molar-refractivity contribution < 1.29 is 28.2 Å². The molecule has 200 valence electrons. The van der Waals surface area contributed by atoms with Crippen LogP contribution in [0.2, 0.25) is 0 Å². The van der Waals surface area contributed by atoms with E-state index in [0.717, 1.165) is 12.5 Å². The summed E-state index contributed by atoms with van der Waals surface area (Å²) >= 11 is 0. The van der Waals surface area contributed by atoms with Crippen molar-refractivity contribution in [2.75, 3.05) is 18.5 Å². The summed E-state index contributed by atoms with van der Waals surface area (Å²) in [7, 11) is 0. The molecule has 0 spiro atoms. The number of aromatic amines is 1. The molecule has 38 heavy (non-hydrogen) atoms. The van der Waals surface area contributed by atoms with Gasteiger partial charge in [0.05, 0.1) is 12.6 Å². The first-order valence-electron chi connectivity index (χ1n) is 12.4. The van der Waals surface area contributed by atoms with E-state index < -0.39 is 35.4 Å². The summed E-state index contributed by atoms with van der Waals surface area (Å²) in [6.07, 6.45) is 2.23. The SMILES string of the molecule is CCOC(=O)c1[nH]c(C2CCCN2C(=O)OC(C)(C)C)nc1-c1ccc(C(=O)Nc2cc(F)ccn2)cc1. The fourth-order valence-electron chi connectivity index (χ4n) is 4.14.